The minimum Gasteiger partial charge on any atom is -0.495 e. The van der Waals surface area contributed by atoms with Crippen molar-refractivity contribution in [1.82, 2.24) is 5.32 Å². The van der Waals surface area contributed by atoms with Crippen LogP contribution in [0.1, 0.15) is 28.4 Å². The second-order valence-corrected chi connectivity index (χ2v) is 7.47. The fraction of sp³-hybridized carbons (Fsp3) is 0.278. The standard InChI is InChI=1S/C18H20N2O4S/c1-3-12-4-7-16(24-2)17(10-12)25(22,23)20-14-6-5-13-8-9-19-18(21)15(13)11-14/h4-7,10-11,20H,3,8-9H2,1-2H3,(H,19,21). The van der Waals surface area contributed by atoms with Crippen LogP contribution >= 0.6 is 0 Å². The van der Waals surface area contributed by atoms with E-state index in [2.05, 4.69) is 10.0 Å². The van der Waals surface area contributed by atoms with Crippen molar-refractivity contribution in [3.63, 3.8) is 0 Å². The number of hydrogen-bond donors (Lipinski definition) is 2. The van der Waals surface area contributed by atoms with Gasteiger partial charge in [-0.15, -0.1) is 0 Å². The van der Waals surface area contributed by atoms with Gasteiger partial charge in [-0.25, -0.2) is 8.42 Å². The first-order chi connectivity index (χ1) is 11.9. The maximum Gasteiger partial charge on any atom is 0.265 e. The molecule has 1 amide bonds. The third-order valence-corrected chi connectivity index (χ3v) is 5.61. The first-order valence-electron chi connectivity index (χ1n) is 8.05. The van der Waals surface area contributed by atoms with Gasteiger partial charge in [0.05, 0.1) is 7.11 Å². The molecule has 0 bridgehead atoms. The van der Waals surface area contributed by atoms with Gasteiger partial charge in [-0.3, -0.25) is 9.52 Å². The topological polar surface area (TPSA) is 84.5 Å². The number of benzene rings is 2. The van der Waals surface area contributed by atoms with E-state index in [4.69, 9.17) is 4.74 Å². The van der Waals surface area contributed by atoms with E-state index in [1.807, 2.05) is 13.0 Å². The zero-order chi connectivity index (χ0) is 18.0. The number of carbonyl (C=O) groups is 1. The molecule has 0 saturated heterocycles. The van der Waals surface area contributed by atoms with Gasteiger partial charge in [0.25, 0.3) is 15.9 Å². The SMILES string of the molecule is CCc1ccc(OC)c(S(=O)(=O)Nc2ccc3c(c2)C(=O)NCC3)c1. The van der Waals surface area contributed by atoms with Gasteiger partial charge in [-0.1, -0.05) is 19.1 Å². The van der Waals surface area contributed by atoms with Crippen molar-refractivity contribution in [2.24, 2.45) is 0 Å². The van der Waals surface area contributed by atoms with Gasteiger partial charge in [0.15, 0.2) is 0 Å². The van der Waals surface area contributed by atoms with Crippen molar-refractivity contribution in [3.8, 4) is 5.75 Å². The van der Waals surface area contributed by atoms with Crippen LogP contribution in [0.5, 0.6) is 5.75 Å². The molecule has 0 radical (unpaired) electrons. The predicted molar refractivity (Wildman–Crippen MR) is 95.7 cm³/mol. The molecule has 6 nitrogen and oxygen atoms in total. The van der Waals surface area contributed by atoms with Crippen molar-refractivity contribution in [2.45, 2.75) is 24.7 Å². The number of aryl methyl sites for hydroxylation is 1. The molecule has 1 aliphatic rings. The summed E-state index contributed by atoms with van der Waals surface area (Å²) >= 11 is 0. The van der Waals surface area contributed by atoms with Crippen LogP contribution in [0.4, 0.5) is 5.69 Å². The summed E-state index contributed by atoms with van der Waals surface area (Å²) in [5.74, 6) is 0.0910. The van der Waals surface area contributed by atoms with E-state index in [1.54, 1.807) is 30.3 Å². The van der Waals surface area contributed by atoms with Crippen LogP contribution in [0.2, 0.25) is 0 Å². The maximum atomic E-state index is 12.8. The Bertz CT molecular complexity index is 923. The minimum atomic E-state index is -3.84. The van der Waals surface area contributed by atoms with E-state index < -0.39 is 10.0 Å². The number of sulfonamides is 1. The normalized spacial score (nSPS) is 13.8. The highest BCUT2D eigenvalue weighted by atomic mass is 32.2. The summed E-state index contributed by atoms with van der Waals surface area (Å²) in [6.45, 7) is 2.55. The van der Waals surface area contributed by atoms with Gasteiger partial charge in [0, 0.05) is 17.8 Å². The second kappa shape index (κ2) is 6.76. The van der Waals surface area contributed by atoms with Crippen LogP contribution in [0.25, 0.3) is 0 Å². The van der Waals surface area contributed by atoms with E-state index in [1.165, 1.54) is 7.11 Å². The summed E-state index contributed by atoms with van der Waals surface area (Å²) in [6, 6.07) is 10.1. The van der Waals surface area contributed by atoms with E-state index in [0.717, 1.165) is 17.5 Å². The van der Waals surface area contributed by atoms with Gasteiger partial charge in [0.1, 0.15) is 10.6 Å². The predicted octanol–water partition coefficient (Wildman–Crippen LogP) is 2.34. The summed E-state index contributed by atoms with van der Waals surface area (Å²) in [4.78, 5) is 12.0. The number of methoxy groups -OCH3 is 1. The molecule has 1 aliphatic heterocycles. The fourth-order valence-electron chi connectivity index (χ4n) is 2.84. The van der Waals surface area contributed by atoms with E-state index in [0.29, 0.717) is 24.2 Å². The second-order valence-electron chi connectivity index (χ2n) is 5.82. The summed E-state index contributed by atoms with van der Waals surface area (Å²) in [6.07, 6.45) is 1.45. The van der Waals surface area contributed by atoms with Crippen LogP contribution in [0, 0.1) is 0 Å². The van der Waals surface area contributed by atoms with E-state index in [9.17, 15) is 13.2 Å². The molecule has 0 aliphatic carbocycles. The summed E-state index contributed by atoms with van der Waals surface area (Å²) in [5, 5.41) is 2.76. The van der Waals surface area contributed by atoms with Crippen LogP contribution in [0.15, 0.2) is 41.3 Å². The number of ether oxygens (including phenoxy) is 1. The molecule has 3 rings (SSSR count). The lowest BCUT2D eigenvalue weighted by Crippen LogP contribution is -2.31. The van der Waals surface area contributed by atoms with Crippen LogP contribution < -0.4 is 14.8 Å². The quantitative estimate of drug-likeness (QED) is 0.857. The zero-order valence-corrected chi connectivity index (χ0v) is 14.9. The first-order valence-corrected chi connectivity index (χ1v) is 9.54. The molecule has 2 N–H and O–H groups in total. The van der Waals surface area contributed by atoms with Gasteiger partial charge in [-0.05, 0) is 48.2 Å². The molecule has 132 valence electrons. The largest absolute Gasteiger partial charge is 0.495 e. The van der Waals surface area contributed by atoms with Gasteiger partial charge < -0.3 is 10.1 Å². The summed E-state index contributed by atoms with van der Waals surface area (Å²) in [5.41, 5.74) is 2.66. The summed E-state index contributed by atoms with van der Waals surface area (Å²) in [7, 11) is -2.41. The molecule has 25 heavy (non-hydrogen) atoms. The molecule has 1 heterocycles. The molecule has 2 aromatic carbocycles. The third-order valence-electron chi connectivity index (χ3n) is 4.21. The maximum absolute atomic E-state index is 12.8. The molecule has 0 atom stereocenters. The first kappa shape index (κ1) is 17.3. The number of hydrogen-bond acceptors (Lipinski definition) is 4. The molecule has 0 aromatic heterocycles. The summed E-state index contributed by atoms with van der Waals surface area (Å²) < 4.78 is 33.4. The molecule has 7 heteroatoms. The minimum absolute atomic E-state index is 0.0801. The van der Waals surface area contributed by atoms with E-state index in [-0.39, 0.29) is 16.6 Å². The number of carbonyl (C=O) groups excluding carboxylic acids is 1. The molecule has 0 unspecified atom stereocenters. The lowest BCUT2D eigenvalue weighted by Gasteiger charge is -2.18. The van der Waals surface area contributed by atoms with Crippen LogP contribution in [0.3, 0.4) is 0 Å². The van der Waals surface area contributed by atoms with E-state index >= 15 is 0 Å². The van der Waals surface area contributed by atoms with Gasteiger partial charge >= 0.3 is 0 Å². The highest BCUT2D eigenvalue weighted by Gasteiger charge is 2.22. The number of amides is 1. The van der Waals surface area contributed by atoms with Crippen molar-refractivity contribution < 1.29 is 17.9 Å². The monoisotopic (exact) mass is 360 g/mol. The Balaban J connectivity index is 1.97. The number of nitrogens with one attached hydrogen (secondary N) is 2. The Morgan fingerprint density at radius 1 is 1.20 bits per heavy atom. The molecule has 0 saturated carbocycles. The number of rotatable bonds is 5. The Hall–Kier alpha value is -2.54. The fourth-order valence-corrected chi connectivity index (χ4v) is 4.11. The van der Waals surface area contributed by atoms with Crippen molar-refractivity contribution in [3.05, 3.63) is 53.1 Å². The molecule has 2 aromatic rings. The molecular weight excluding hydrogens is 340 g/mol. The third kappa shape index (κ3) is 3.46. The molecule has 0 spiro atoms. The zero-order valence-electron chi connectivity index (χ0n) is 14.1. The van der Waals surface area contributed by atoms with Crippen LogP contribution in [-0.2, 0) is 22.9 Å². The average Bonchev–Trinajstić information content (AvgIpc) is 2.61. The molecule has 0 fully saturated rings. The molecular formula is C18H20N2O4S. The smallest absolute Gasteiger partial charge is 0.265 e. The van der Waals surface area contributed by atoms with Crippen molar-refractivity contribution in [2.75, 3.05) is 18.4 Å². The van der Waals surface area contributed by atoms with Crippen LogP contribution in [-0.4, -0.2) is 28.0 Å². The van der Waals surface area contributed by atoms with Gasteiger partial charge in [-0.2, -0.15) is 0 Å². The Morgan fingerprint density at radius 2 is 2.00 bits per heavy atom. The Morgan fingerprint density at radius 3 is 2.72 bits per heavy atom. The Labute approximate surface area is 147 Å². The van der Waals surface area contributed by atoms with Crippen molar-refractivity contribution in [1.29, 1.82) is 0 Å². The van der Waals surface area contributed by atoms with Gasteiger partial charge in [0.2, 0.25) is 0 Å². The number of fused-ring (bicyclic) bond motifs is 1. The highest BCUT2D eigenvalue weighted by molar-refractivity contribution is 7.92. The highest BCUT2D eigenvalue weighted by Crippen LogP contribution is 2.28. The lowest BCUT2D eigenvalue weighted by atomic mass is 10.00. The number of anilines is 1. The Kier molecular flexibility index (Phi) is 4.67. The average molecular weight is 360 g/mol. The van der Waals surface area contributed by atoms with Crippen molar-refractivity contribution >= 4 is 21.6 Å². The lowest BCUT2D eigenvalue weighted by molar-refractivity contribution is 0.0946.